The Labute approximate surface area is 132 Å². The molecule has 106 valence electrons. The molecule has 2 heterocycles. The van der Waals surface area contributed by atoms with Gasteiger partial charge >= 0.3 is 0 Å². The van der Waals surface area contributed by atoms with E-state index in [1.165, 1.54) is 14.2 Å². The second kappa shape index (κ2) is 6.85. The molecule has 0 aliphatic carbocycles. The van der Waals surface area contributed by atoms with Gasteiger partial charge in [0.05, 0.1) is 3.79 Å². The van der Waals surface area contributed by atoms with Crippen LogP contribution in [-0.4, -0.2) is 30.6 Å². The lowest BCUT2D eigenvalue weighted by molar-refractivity contribution is 0.193. The molecule has 2 nitrogen and oxygen atoms in total. The van der Waals surface area contributed by atoms with E-state index >= 15 is 0 Å². The molecular weight excluding hydrogens is 332 g/mol. The number of hydrogen-bond donors (Lipinski definition) is 1. The maximum absolute atomic E-state index is 3.64. The maximum atomic E-state index is 3.64. The van der Waals surface area contributed by atoms with Gasteiger partial charge in [-0.3, -0.25) is 4.90 Å². The summed E-state index contributed by atoms with van der Waals surface area (Å²) in [6.07, 6.45) is 1.12. The van der Waals surface area contributed by atoms with E-state index in [4.69, 9.17) is 0 Å². The van der Waals surface area contributed by atoms with Crippen LogP contribution in [0, 0.1) is 0 Å². The van der Waals surface area contributed by atoms with Crippen LogP contribution in [0.5, 0.6) is 0 Å². The Balaban J connectivity index is 1.56. The van der Waals surface area contributed by atoms with Crippen LogP contribution in [0.25, 0.3) is 0 Å². The minimum absolute atomic E-state index is 0.564. The van der Waals surface area contributed by atoms with Crippen LogP contribution in [0.1, 0.15) is 10.4 Å². The number of rotatable bonds is 4. The zero-order valence-corrected chi connectivity index (χ0v) is 13.8. The monoisotopic (exact) mass is 350 g/mol. The fraction of sp³-hybridized carbons (Fsp3) is 0.375. The number of hydrogen-bond acceptors (Lipinski definition) is 3. The van der Waals surface area contributed by atoms with Crippen molar-refractivity contribution >= 4 is 27.3 Å². The molecule has 0 spiro atoms. The van der Waals surface area contributed by atoms with Gasteiger partial charge in [-0.15, -0.1) is 11.3 Å². The Bertz CT molecular complexity index is 540. The van der Waals surface area contributed by atoms with Crippen LogP contribution in [0.3, 0.4) is 0 Å². The number of piperazine rings is 1. The highest BCUT2D eigenvalue weighted by Crippen LogP contribution is 2.23. The van der Waals surface area contributed by atoms with Crippen LogP contribution in [-0.2, 0) is 13.0 Å². The highest BCUT2D eigenvalue weighted by molar-refractivity contribution is 9.11. The highest BCUT2D eigenvalue weighted by Gasteiger charge is 2.19. The third kappa shape index (κ3) is 3.92. The molecule has 1 unspecified atom stereocenters. The molecular formula is C16H19BrN2S. The summed E-state index contributed by atoms with van der Waals surface area (Å²) >= 11 is 5.38. The van der Waals surface area contributed by atoms with Crippen LogP contribution in [0.4, 0.5) is 0 Å². The van der Waals surface area contributed by atoms with E-state index in [2.05, 4.69) is 68.6 Å². The molecule has 1 aromatic heterocycles. The SMILES string of the molecule is Brc1ccc(CN2CCNC(Cc3ccccc3)C2)s1. The van der Waals surface area contributed by atoms with Crippen molar-refractivity contribution in [2.45, 2.75) is 19.0 Å². The smallest absolute Gasteiger partial charge is 0.0701 e. The van der Waals surface area contributed by atoms with Crippen molar-refractivity contribution in [3.63, 3.8) is 0 Å². The number of benzene rings is 1. The molecule has 3 rings (SSSR count). The lowest BCUT2D eigenvalue weighted by Gasteiger charge is -2.33. The molecule has 0 saturated carbocycles. The number of halogens is 1. The van der Waals surface area contributed by atoms with E-state index in [9.17, 15) is 0 Å². The maximum Gasteiger partial charge on any atom is 0.0701 e. The van der Waals surface area contributed by atoms with Crippen molar-refractivity contribution in [1.29, 1.82) is 0 Å². The number of nitrogens with zero attached hydrogens (tertiary/aromatic N) is 1. The largest absolute Gasteiger partial charge is 0.311 e. The third-order valence-electron chi connectivity index (χ3n) is 3.67. The summed E-state index contributed by atoms with van der Waals surface area (Å²) in [6, 6.07) is 15.7. The van der Waals surface area contributed by atoms with Crippen LogP contribution in [0.2, 0.25) is 0 Å². The van der Waals surface area contributed by atoms with Crippen molar-refractivity contribution in [1.82, 2.24) is 10.2 Å². The lowest BCUT2D eigenvalue weighted by atomic mass is 10.0. The predicted octanol–water partition coefficient (Wildman–Crippen LogP) is 3.53. The predicted molar refractivity (Wildman–Crippen MR) is 89.2 cm³/mol. The first kappa shape index (κ1) is 14.3. The minimum atomic E-state index is 0.564. The molecule has 0 bridgehead atoms. The highest BCUT2D eigenvalue weighted by atomic mass is 79.9. The van der Waals surface area contributed by atoms with E-state index in [1.807, 2.05) is 11.3 Å². The Morgan fingerprint density at radius 2 is 2.05 bits per heavy atom. The summed E-state index contributed by atoms with van der Waals surface area (Å²) in [5.41, 5.74) is 1.42. The summed E-state index contributed by atoms with van der Waals surface area (Å²) < 4.78 is 1.23. The molecule has 4 heteroatoms. The van der Waals surface area contributed by atoms with Crippen molar-refractivity contribution in [3.05, 3.63) is 56.7 Å². The van der Waals surface area contributed by atoms with Crippen molar-refractivity contribution in [2.75, 3.05) is 19.6 Å². The molecule has 1 aliphatic heterocycles. The van der Waals surface area contributed by atoms with Gasteiger partial charge in [0.1, 0.15) is 0 Å². The van der Waals surface area contributed by atoms with Gasteiger partial charge in [-0.2, -0.15) is 0 Å². The summed E-state index contributed by atoms with van der Waals surface area (Å²) in [7, 11) is 0. The number of thiophene rings is 1. The average molecular weight is 351 g/mol. The first-order valence-electron chi connectivity index (χ1n) is 7.03. The normalized spacial score (nSPS) is 20.1. The van der Waals surface area contributed by atoms with E-state index in [0.29, 0.717) is 6.04 Å². The summed E-state index contributed by atoms with van der Waals surface area (Å²) in [4.78, 5) is 4.00. The van der Waals surface area contributed by atoms with E-state index in [1.54, 1.807) is 0 Å². The molecule has 1 N–H and O–H groups in total. The average Bonchev–Trinajstić information content (AvgIpc) is 2.86. The molecule has 2 aromatic rings. The molecule has 1 saturated heterocycles. The summed E-state index contributed by atoms with van der Waals surface area (Å²) in [6.45, 7) is 4.43. The summed E-state index contributed by atoms with van der Waals surface area (Å²) in [5.74, 6) is 0. The van der Waals surface area contributed by atoms with Crippen molar-refractivity contribution < 1.29 is 0 Å². The van der Waals surface area contributed by atoms with Crippen molar-refractivity contribution in [3.8, 4) is 0 Å². The topological polar surface area (TPSA) is 15.3 Å². The summed E-state index contributed by atoms with van der Waals surface area (Å²) in [5, 5.41) is 3.64. The second-order valence-corrected chi connectivity index (χ2v) is 7.83. The van der Waals surface area contributed by atoms with Crippen LogP contribution >= 0.6 is 27.3 Å². The van der Waals surface area contributed by atoms with Gasteiger partial charge in [-0.1, -0.05) is 30.3 Å². The first-order valence-corrected chi connectivity index (χ1v) is 8.64. The Kier molecular flexibility index (Phi) is 4.89. The standard InChI is InChI=1S/C16H19BrN2S/c17-16-7-6-15(20-16)12-19-9-8-18-14(11-19)10-13-4-2-1-3-5-13/h1-7,14,18H,8-12H2. The van der Waals surface area contributed by atoms with Gasteiger partial charge in [0.2, 0.25) is 0 Å². The zero-order valence-electron chi connectivity index (χ0n) is 11.4. The third-order valence-corrected chi connectivity index (χ3v) is 5.28. The van der Waals surface area contributed by atoms with Gasteiger partial charge in [0.25, 0.3) is 0 Å². The Morgan fingerprint density at radius 3 is 2.80 bits per heavy atom. The Hall–Kier alpha value is -0.680. The Morgan fingerprint density at radius 1 is 1.20 bits per heavy atom. The zero-order chi connectivity index (χ0) is 13.8. The van der Waals surface area contributed by atoms with Crippen LogP contribution in [0.15, 0.2) is 46.3 Å². The van der Waals surface area contributed by atoms with Crippen LogP contribution < -0.4 is 5.32 Å². The van der Waals surface area contributed by atoms with Gasteiger partial charge in [-0.05, 0) is 40.0 Å². The van der Waals surface area contributed by atoms with Crippen molar-refractivity contribution in [2.24, 2.45) is 0 Å². The molecule has 1 fully saturated rings. The lowest BCUT2D eigenvalue weighted by Crippen LogP contribution is -2.51. The molecule has 0 amide bonds. The van der Waals surface area contributed by atoms with E-state index < -0.39 is 0 Å². The molecule has 0 radical (unpaired) electrons. The minimum Gasteiger partial charge on any atom is -0.311 e. The number of nitrogens with one attached hydrogen (secondary N) is 1. The van der Waals surface area contributed by atoms with Gasteiger partial charge < -0.3 is 5.32 Å². The molecule has 1 atom stereocenters. The molecule has 1 aliphatic rings. The van der Waals surface area contributed by atoms with Gasteiger partial charge in [-0.25, -0.2) is 0 Å². The van der Waals surface area contributed by atoms with E-state index in [-0.39, 0.29) is 0 Å². The second-order valence-electron chi connectivity index (χ2n) is 5.28. The molecule has 20 heavy (non-hydrogen) atoms. The van der Waals surface area contributed by atoms with Gasteiger partial charge in [0, 0.05) is 37.1 Å². The first-order chi connectivity index (χ1) is 9.79. The fourth-order valence-corrected chi connectivity index (χ4v) is 4.26. The molecule has 1 aromatic carbocycles. The quantitative estimate of drug-likeness (QED) is 0.907. The van der Waals surface area contributed by atoms with E-state index in [0.717, 1.165) is 32.6 Å². The van der Waals surface area contributed by atoms with Gasteiger partial charge in [0.15, 0.2) is 0 Å². The fourth-order valence-electron chi connectivity index (χ4n) is 2.73.